The lowest BCUT2D eigenvalue weighted by Crippen LogP contribution is -2.45. The smallest absolute Gasteiger partial charge is 0.257 e. The number of hydrogen-bond acceptors (Lipinski definition) is 18. The molecular formula is C41H59N11O9. The van der Waals surface area contributed by atoms with Gasteiger partial charge in [-0.1, -0.05) is 6.07 Å². The van der Waals surface area contributed by atoms with Crippen LogP contribution in [0.5, 0.6) is 11.6 Å². The predicted molar refractivity (Wildman–Crippen MR) is 221 cm³/mol. The highest BCUT2D eigenvalue weighted by Gasteiger charge is 2.29. The van der Waals surface area contributed by atoms with Crippen LogP contribution in [0.3, 0.4) is 0 Å². The fraction of sp³-hybridized carbons (Fsp3) is 0.634. The van der Waals surface area contributed by atoms with Crippen molar-refractivity contribution >= 4 is 11.6 Å². The molecule has 61 heavy (non-hydrogen) atoms. The number of tetrazole rings is 1. The van der Waals surface area contributed by atoms with Gasteiger partial charge in [-0.05, 0) is 60.7 Å². The van der Waals surface area contributed by atoms with E-state index in [2.05, 4.69) is 41.8 Å². The van der Waals surface area contributed by atoms with Gasteiger partial charge in [0.05, 0.1) is 110 Å². The van der Waals surface area contributed by atoms with Gasteiger partial charge >= 0.3 is 0 Å². The fourth-order valence-electron chi connectivity index (χ4n) is 7.04. The van der Waals surface area contributed by atoms with Crippen molar-refractivity contribution in [2.45, 2.75) is 57.3 Å². The number of benzene rings is 1. The van der Waals surface area contributed by atoms with Gasteiger partial charge in [0.1, 0.15) is 36.5 Å². The van der Waals surface area contributed by atoms with E-state index < -0.39 is 0 Å². The maximum Gasteiger partial charge on any atom is 0.257 e. The van der Waals surface area contributed by atoms with E-state index in [1.54, 1.807) is 30.3 Å². The Morgan fingerprint density at radius 1 is 0.820 bits per heavy atom. The normalized spacial score (nSPS) is 17.5. The van der Waals surface area contributed by atoms with Crippen LogP contribution in [0, 0.1) is 11.3 Å². The third-order valence-corrected chi connectivity index (χ3v) is 10.2. The highest BCUT2D eigenvalue weighted by Crippen LogP contribution is 2.35. The van der Waals surface area contributed by atoms with Gasteiger partial charge in [-0.3, -0.25) is 9.58 Å². The van der Waals surface area contributed by atoms with Gasteiger partial charge in [0.2, 0.25) is 5.95 Å². The summed E-state index contributed by atoms with van der Waals surface area (Å²) >= 11 is 0. The third-order valence-electron chi connectivity index (χ3n) is 10.2. The number of hydrogen-bond donors (Lipinski definition) is 1. The maximum absolute atomic E-state index is 9.73. The van der Waals surface area contributed by atoms with Crippen molar-refractivity contribution in [1.29, 1.82) is 5.26 Å². The number of rotatable bonds is 28. The van der Waals surface area contributed by atoms with E-state index in [1.807, 2.05) is 29.9 Å². The predicted octanol–water partition coefficient (Wildman–Crippen LogP) is 3.33. The first kappa shape index (κ1) is 45.7. The average molecular weight is 850 g/mol. The van der Waals surface area contributed by atoms with E-state index in [0.29, 0.717) is 121 Å². The van der Waals surface area contributed by atoms with Crippen molar-refractivity contribution in [3.8, 4) is 28.8 Å². The first-order chi connectivity index (χ1) is 30.1. The molecule has 0 spiro atoms. The summed E-state index contributed by atoms with van der Waals surface area (Å²) in [5.41, 5.74) is 2.64. The van der Waals surface area contributed by atoms with Gasteiger partial charge in [-0.15, -0.1) is 10.2 Å². The van der Waals surface area contributed by atoms with Gasteiger partial charge in [0, 0.05) is 44.2 Å². The second-order valence-corrected chi connectivity index (χ2v) is 14.5. The van der Waals surface area contributed by atoms with E-state index in [4.69, 9.17) is 47.7 Å². The summed E-state index contributed by atoms with van der Waals surface area (Å²) < 4.78 is 54.2. The Hall–Kier alpha value is -4.85. The molecule has 20 heteroatoms. The van der Waals surface area contributed by atoms with Gasteiger partial charge in [0.25, 0.3) is 5.88 Å². The standard InChI is InChI=1S/C41H59N11O9/c1-32(29-51-31-45-48-49-51)61-39-25-33(3-4-34(39)26-42)35-27-43-41(44-28-35)46-38-30-52(37-7-5-36(6-8-37)50-9-11-54-12-10-50)47-40(38)60-24-23-59-22-21-58-20-19-57-18-17-56-16-15-55-14-13-53-2/h3-4,25,27-28,30-32,36-37H,5-24,29H2,1-2H3,(H,43,44,46)/t32-,36-,37-/m0/s1. The van der Waals surface area contributed by atoms with E-state index in [9.17, 15) is 5.26 Å². The van der Waals surface area contributed by atoms with Gasteiger partial charge in [0.15, 0.2) is 0 Å². The zero-order chi connectivity index (χ0) is 42.3. The molecule has 332 valence electrons. The number of nitrogens with zero attached hydrogens (tertiary/aromatic N) is 10. The molecule has 6 rings (SSSR count). The van der Waals surface area contributed by atoms with E-state index in [-0.39, 0.29) is 12.1 Å². The van der Waals surface area contributed by atoms with Gasteiger partial charge in [-0.2, -0.15) is 5.26 Å². The second-order valence-electron chi connectivity index (χ2n) is 14.5. The molecule has 1 N–H and O–H groups in total. The van der Waals surface area contributed by atoms with Crippen LogP contribution in [0.15, 0.2) is 43.1 Å². The summed E-state index contributed by atoms with van der Waals surface area (Å²) in [6, 6.07) is 8.41. The maximum atomic E-state index is 9.73. The lowest BCUT2D eigenvalue weighted by atomic mass is 9.90. The van der Waals surface area contributed by atoms with Crippen molar-refractivity contribution < 1.29 is 42.6 Å². The molecule has 2 fully saturated rings. The van der Waals surface area contributed by atoms with Crippen LogP contribution < -0.4 is 14.8 Å². The molecule has 0 radical (unpaired) electrons. The minimum absolute atomic E-state index is 0.248. The third kappa shape index (κ3) is 15.2. The molecule has 1 aromatic carbocycles. The Morgan fingerprint density at radius 3 is 2.05 bits per heavy atom. The molecule has 0 unspecified atom stereocenters. The Balaban J connectivity index is 0.976. The van der Waals surface area contributed by atoms with Crippen LogP contribution in [-0.2, 0) is 39.7 Å². The van der Waals surface area contributed by atoms with Crippen molar-refractivity contribution in [1.82, 2.24) is 44.9 Å². The molecule has 1 aliphatic carbocycles. The highest BCUT2D eigenvalue weighted by atomic mass is 16.6. The molecule has 20 nitrogen and oxygen atoms in total. The number of nitriles is 1. The second kappa shape index (κ2) is 25.8. The molecule has 0 bridgehead atoms. The molecule has 3 aromatic heterocycles. The Labute approximate surface area is 356 Å². The Bertz CT molecular complexity index is 1850. The number of morpholine rings is 1. The Morgan fingerprint density at radius 2 is 1.44 bits per heavy atom. The number of methoxy groups -OCH3 is 1. The minimum Gasteiger partial charge on any atom is -0.487 e. The molecule has 0 amide bonds. The van der Waals surface area contributed by atoms with Crippen molar-refractivity contribution in [3.63, 3.8) is 0 Å². The molecular weight excluding hydrogens is 791 g/mol. The summed E-state index contributed by atoms with van der Waals surface area (Å²) in [5.74, 6) is 1.29. The van der Waals surface area contributed by atoms with Crippen LogP contribution in [0.2, 0.25) is 0 Å². The van der Waals surface area contributed by atoms with E-state index in [0.717, 1.165) is 63.1 Å². The number of ether oxygens (including phenoxy) is 9. The number of anilines is 2. The molecule has 2 aliphatic rings. The van der Waals surface area contributed by atoms with Crippen LogP contribution >= 0.6 is 0 Å². The monoisotopic (exact) mass is 849 g/mol. The number of nitrogens with one attached hydrogen (secondary N) is 1. The van der Waals surface area contributed by atoms with Crippen LogP contribution in [-0.4, -0.2) is 170 Å². The SMILES string of the molecule is COCCOCCOCCOCCOCCOCCOc1nn([C@H]2CC[C@H](N3CCOCC3)CC2)cc1Nc1ncc(-c2ccc(C#N)c(O[C@@H](C)Cn3cnnn3)c2)cn1. The van der Waals surface area contributed by atoms with Gasteiger partial charge < -0.3 is 47.9 Å². The van der Waals surface area contributed by atoms with E-state index in [1.165, 1.54) is 6.33 Å². The number of aromatic nitrogens is 8. The molecule has 1 saturated heterocycles. The van der Waals surface area contributed by atoms with Crippen molar-refractivity contribution in [2.75, 3.05) is 118 Å². The lowest BCUT2D eigenvalue weighted by Gasteiger charge is -2.38. The summed E-state index contributed by atoms with van der Waals surface area (Å²) in [6.45, 7) is 11.6. The fourth-order valence-corrected chi connectivity index (χ4v) is 7.04. The molecule has 1 atom stereocenters. The van der Waals surface area contributed by atoms with Gasteiger partial charge in [-0.25, -0.2) is 14.6 Å². The molecule has 4 heterocycles. The average Bonchev–Trinajstić information content (AvgIpc) is 3.96. The lowest BCUT2D eigenvalue weighted by molar-refractivity contribution is -0.0160. The first-order valence-electron chi connectivity index (χ1n) is 21.0. The summed E-state index contributed by atoms with van der Waals surface area (Å²) in [7, 11) is 1.64. The van der Waals surface area contributed by atoms with Crippen LogP contribution in [0.4, 0.5) is 11.6 Å². The van der Waals surface area contributed by atoms with Crippen LogP contribution in [0.25, 0.3) is 11.1 Å². The topological polar surface area (TPSA) is 209 Å². The van der Waals surface area contributed by atoms with Crippen LogP contribution in [0.1, 0.15) is 44.2 Å². The van der Waals surface area contributed by atoms with E-state index >= 15 is 0 Å². The summed E-state index contributed by atoms with van der Waals surface area (Å²) in [6.07, 6.45) is 10.9. The largest absolute Gasteiger partial charge is 0.487 e. The van der Waals surface area contributed by atoms with Crippen molar-refractivity contribution in [3.05, 3.63) is 48.7 Å². The Kier molecular flexibility index (Phi) is 19.3. The van der Waals surface area contributed by atoms with Crippen molar-refractivity contribution in [2.24, 2.45) is 0 Å². The zero-order valence-corrected chi connectivity index (χ0v) is 35.3. The first-order valence-corrected chi connectivity index (χ1v) is 21.0. The quantitative estimate of drug-likeness (QED) is 0.0813. The summed E-state index contributed by atoms with van der Waals surface area (Å²) in [4.78, 5) is 11.8. The molecule has 4 aromatic rings. The molecule has 1 saturated carbocycles. The molecule has 1 aliphatic heterocycles. The zero-order valence-electron chi connectivity index (χ0n) is 35.3. The summed E-state index contributed by atoms with van der Waals surface area (Å²) in [5, 5.41) is 29.2. The highest BCUT2D eigenvalue weighted by molar-refractivity contribution is 5.67. The minimum atomic E-state index is -0.289.